The second-order valence-electron chi connectivity index (χ2n) is 5.72. The first-order valence-electron chi connectivity index (χ1n) is 7.84. The Morgan fingerprint density at radius 1 is 1.00 bits per heavy atom. The summed E-state index contributed by atoms with van der Waals surface area (Å²) in [5, 5.41) is 6.44. The standard InChI is InChI=1S/C19H15BrN4S/c1-13-2-8-16(9-3-13)24-18-17(10-23-24)19(22-12-21-18)25-11-14-4-6-15(20)7-5-14/h2-10,12H,11H2,1H3. The van der Waals surface area contributed by atoms with Crippen LogP contribution < -0.4 is 0 Å². The molecule has 124 valence electrons. The first kappa shape index (κ1) is 16.3. The van der Waals surface area contributed by atoms with Gasteiger partial charge in [0.05, 0.1) is 17.3 Å². The van der Waals surface area contributed by atoms with E-state index < -0.39 is 0 Å². The van der Waals surface area contributed by atoms with E-state index in [9.17, 15) is 0 Å². The van der Waals surface area contributed by atoms with Gasteiger partial charge in [-0.1, -0.05) is 45.8 Å². The molecule has 0 saturated heterocycles. The van der Waals surface area contributed by atoms with Gasteiger partial charge in [-0.15, -0.1) is 11.8 Å². The number of thioether (sulfide) groups is 1. The molecule has 0 aliphatic rings. The van der Waals surface area contributed by atoms with Gasteiger partial charge in [0.25, 0.3) is 0 Å². The van der Waals surface area contributed by atoms with E-state index in [0.29, 0.717) is 0 Å². The number of fused-ring (bicyclic) bond motifs is 1. The smallest absolute Gasteiger partial charge is 0.167 e. The van der Waals surface area contributed by atoms with Gasteiger partial charge in [-0.2, -0.15) is 5.10 Å². The molecule has 4 rings (SSSR count). The van der Waals surface area contributed by atoms with E-state index in [0.717, 1.165) is 32.0 Å². The molecule has 4 nitrogen and oxygen atoms in total. The molecule has 0 saturated carbocycles. The van der Waals surface area contributed by atoms with Gasteiger partial charge in [-0.3, -0.25) is 0 Å². The van der Waals surface area contributed by atoms with Crippen LogP contribution in [0.5, 0.6) is 0 Å². The minimum Gasteiger partial charge on any atom is -0.229 e. The number of hydrogen-bond donors (Lipinski definition) is 0. The number of rotatable bonds is 4. The summed E-state index contributed by atoms with van der Waals surface area (Å²) in [5.41, 5.74) is 4.31. The van der Waals surface area contributed by atoms with Crippen LogP contribution in [0.1, 0.15) is 11.1 Å². The Morgan fingerprint density at radius 2 is 1.76 bits per heavy atom. The van der Waals surface area contributed by atoms with Crippen LogP contribution in [0.15, 0.2) is 70.6 Å². The Balaban J connectivity index is 1.64. The van der Waals surface area contributed by atoms with E-state index in [1.165, 1.54) is 11.1 Å². The van der Waals surface area contributed by atoms with Crippen LogP contribution in [0.4, 0.5) is 0 Å². The van der Waals surface area contributed by atoms with Crippen molar-refractivity contribution in [1.29, 1.82) is 0 Å². The molecule has 0 bridgehead atoms. The fourth-order valence-electron chi connectivity index (χ4n) is 2.54. The molecule has 0 atom stereocenters. The molecule has 0 unspecified atom stereocenters. The van der Waals surface area contributed by atoms with Crippen molar-refractivity contribution in [3.63, 3.8) is 0 Å². The monoisotopic (exact) mass is 410 g/mol. The quantitative estimate of drug-likeness (QED) is 0.343. The normalized spacial score (nSPS) is 11.1. The molecule has 2 heterocycles. The van der Waals surface area contributed by atoms with Crippen molar-refractivity contribution in [3.05, 3.63) is 76.7 Å². The summed E-state index contributed by atoms with van der Waals surface area (Å²) in [7, 11) is 0. The molecule has 0 aliphatic heterocycles. The Hall–Kier alpha value is -2.18. The van der Waals surface area contributed by atoms with Gasteiger partial charge in [0, 0.05) is 10.2 Å². The molecule has 4 aromatic rings. The summed E-state index contributed by atoms with van der Waals surface area (Å²) in [6.07, 6.45) is 3.46. The molecule has 6 heteroatoms. The topological polar surface area (TPSA) is 43.6 Å². The zero-order valence-electron chi connectivity index (χ0n) is 13.6. The van der Waals surface area contributed by atoms with Crippen molar-refractivity contribution in [1.82, 2.24) is 19.7 Å². The van der Waals surface area contributed by atoms with Gasteiger partial charge < -0.3 is 0 Å². The first-order chi connectivity index (χ1) is 12.2. The number of aryl methyl sites for hydroxylation is 1. The Kier molecular flexibility index (Phi) is 4.55. The second kappa shape index (κ2) is 6.98. The maximum Gasteiger partial charge on any atom is 0.167 e. The zero-order valence-corrected chi connectivity index (χ0v) is 16.0. The van der Waals surface area contributed by atoms with Crippen LogP contribution in [0.3, 0.4) is 0 Å². The molecule has 25 heavy (non-hydrogen) atoms. The summed E-state index contributed by atoms with van der Waals surface area (Å²) >= 11 is 5.17. The van der Waals surface area contributed by atoms with Crippen LogP contribution in [0.2, 0.25) is 0 Å². The SMILES string of the molecule is Cc1ccc(-n2ncc3c(SCc4ccc(Br)cc4)ncnc32)cc1. The average molecular weight is 411 g/mol. The van der Waals surface area contributed by atoms with E-state index in [2.05, 4.69) is 86.5 Å². The highest BCUT2D eigenvalue weighted by molar-refractivity contribution is 9.10. The van der Waals surface area contributed by atoms with Crippen LogP contribution in [-0.2, 0) is 5.75 Å². The van der Waals surface area contributed by atoms with E-state index in [4.69, 9.17) is 0 Å². The highest BCUT2D eigenvalue weighted by atomic mass is 79.9. The predicted molar refractivity (Wildman–Crippen MR) is 105 cm³/mol. The van der Waals surface area contributed by atoms with Crippen LogP contribution in [0, 0.1) is 6.92 Å². The fraction of sp³-hybridized carbons (Fsp3) is 0.105. The maximum absolute atomic E-state index is 4.52. The molecular formula is C19H15BrN4S. The van der Waals surface area contributed by atoms with E-state index in [-0.39, 0.29) is 0 Å². The highest BCUT2D eigenvalue weighted by Crippen LogP contribution is 2.28. The number of halogens is 1. The van der Waals surface area contributed by atoms with Gasteiger partial charge in [0.15, 0.2) is 5.65 Å². The minimum absolute atomic E-state index is 0.831. The molecule has 0 fully saturated rings. The maximum atomic E-state index is 4.52. The van der Waals surface area contributed by atoms with Crippen molar-refractivity contribution in [2.24, 2.45) is 0 Å². The van der Waals surface area contributed by atoms with Gasteiger partial charge in [-0.25, -0.2) is 14.6 Å². The van der Waals surface area contributed by atoms with Crippen LogP contribution in [0.25, 0.3) is 16.7 Å². The van der Waals surface area contributed by atoms with E-state index in [1.807, 2.05) is 10.9 Å². The lowest BCUT2D eigenvalue weighted by atomic mass is 10.2. The van der Waals surface area contributed by atoms with E-state index in [1.54, 1.807) is 18.1 Å². The van der Waals surface area contributed by atoms with E-state index >= 15 is 0 Å². The summed E-state index contributed by atoms with van der Waals surface area (Å²) in [5.74, 6) is 0.856. The third-order valence-corrected chi connectivity index (χ3v) is 5.50. The summed E-state index contributed by atoms with van der Waals surface area (Å²) < 4.78 is 2.95. The molecule has 0 spiro atoms. The van der Waals surface area contributed by atoms with Gasteiger partial charge >= 0.3 is 0 Å². The Labute approximate surface area is 158 Å². The molecule has 0 aliphatic carbocycles. The molecule has 0 N–H and O–H groups in total. The van der Waals surface area contributed by atoms with Crippen molar-refractivity contribution < 1.29 is 0 Å². The average Bonchev–Trinajstić information content (AvgIpc) is 3.07. The number of aromatic nitrogens is 4. The lowest BCUT2D eigenvalue weighted by Gasteiger charge is -2.05. The van der Waals surface area contributed by atoms with Gasteiger partial charge in [0.2, 0.25) is 0 Å². The number of hydrogen-bond acceptors (Lipinski definition) is 4. The lowest BCUT2D eigenvalue weighted by molar-refractivity contribution is 0.893. The largest absolute Gasteiger partial charge is 0.229 e. The third-order valence-electron chi connectivity index (χ3n) is 3.90. The van der Waals surface area contributed by atoms with Crippen molar-refractivity contribution in [2.75, 3.05) is 0 Å². The van der Waals surface area contributed by atoms with Crippen molar-refractivity contribution >= 4 is 38.7 Å². The predicted octanol–water partition coefficient (Wildman–Crippen LogP) is 5.18. The number of benzene rings is 2. The molecular weight excluding hydrogens is 396 g/mol. The minimum atomic E-state index is 0.831. The first-order valence-corrected chi connectivity index (χ1v) is 9.61. The number of nitrogens with zero attached hydrogens (tertiary/aromatic N) is 4. The second-order valence-corrected chi connectivity index (χ2v) is 7.60. The molecule has 0 radical (unpaired) electrons. The van der Waals surface area contributed by atoms with Crippen LogP contribution in [-0.4, -0.2) is 19.7 Å². The van der Waals surface area contributed by atoms with Crippen LogP contribution >= 0.6 is 27.7 Å². The van der Waals surface area contributed by atoms with Gasteiger partial charge in [0.1, 0.15) is 11.4 Å². The van der Waals surface area contributed by atoms with Crippen molar-refractivity contribution in [3.8, 4) is 5.69 Å². The fourth-order valence-corrected chi connectivity index (χ4v) is 3.73. The summed E-state index contributed by atoms with van der Waals surface area (Å²) in [6.45, 7) is 2.07. The molecule has 2 aromatic carbocycles. The molecule has 0 amide bonds. The summed E-state index contributed by atoms with van der Waals surface area (Å²) in [6, 6.07) is 16.6. The Morgan fingerprint density at radius 3 is 2.52 bits per heavy atom. The Bertz CT molecular complexity index is 1010. The zero-order chi connectivity index (χ0) is 17.2. The van der Waals surface area contributed by atoms with Gasteiger partial charge in [-0.05, 0) is 36.8 Å². The molecule has 2 aromatic heterocycles. The highest BCUT2D eigenvalue weighted by Gasteiger charge is 2.11. The summed E-state index contributed by atoms with van der Waals surface area (Å²) in [4.78, 5) is 8.89. The lowest BCUT2D eigenvalue weighted by Crippen LogP contribution is -1.98. The van der Waals surface area contributed by atoms with Crippen molar-refractivity contribution in [2.45, 2.75) is 17.7 Å². The third kappa shape index (κ3) is 3.45.